The molecule has 0 radical (unpaired) electrons. The van der Waals surface area contributed by atoms with Gasteiger partial charge >= 0.3 is 0 Å². The minimum absolute atomic E-state index is 0.0831. The number of nitro benzene ring substituents is 1. The lowest BCUT2D eigenvalue weighted by Gasteiger charge is -2.33. The van der Waals surface area contributed by atoms with E-state index in [4.69, 9.17) is 4.42 Å². The number of hydrogen-bond donors (Lipinski definition) is 1. The Hall–Kier alpha value is -3.25. The van der Waals surface area contributed by atoms with Crippen LogP contribution in [0.25, 0.3) is 0 Å². The van der Waals surface area contributed by atoms with Gasteiger partial charge in [-0.2, -0.15) is 4.31 Å². The number of furan rings is 1. The molecule has 1 aliphatic rings. The summed E-state index contributed by atoms with van der Waals surface area (Å²) in [6.07, 6.45) is 1.40. The number of sulfonamides is 1. The van der Waals surface area contributed by atoms with Crippen molar-refractivity contribution in [3.63, 3.8) is 0 Å². The van der Waals surface area contributed by atoms with E-state index in [0.717, 1.165) is 6.07 Å². The Kier molecular flexibility index (Phi) is 6.71. The number of benzene rings is 1. The lowest BCUT2D eigenvalue weighted by Crippen LogP contribution is -2.51. The molecule has 3 rings (SSSR count). The number of nitrogens with zero attached hydrogens (tertiary/aromatic N) is 3. The molecule has 2 amide bonds. The smallest absolute Gasteiger partial charge is 0.289 e. The Balaban J connectivity index is 1.50. The molecule has 0 saturated carbocycles. The number of piperazine rings is 1. The average Bonchev–Trinajstić information content (AvgIpc) is 3.28. The van der Waals surface area contributed by atoms with E-state index in [2.05, 4.69) is 5.32 Å². The molecule has 0 aliphatic carbocycles. The summed E-state index contributed by atoms with van der Waals surface area (Å²) >= 11 is 0. The van der Waals surface area contributed by atoms with Crippen molar-refractivity contribution in [1.82, 2.24) is 14.5 Å². The fourth-order valence-corrected chi connectivity index (χ4v) is 4.54. The minimum atomic E-state index is -3.64. The van der Waals surface area contributed by atoms with E-state index < -0.39 is 20.9 Å². The first-order valence-electron chi connectivity index (χ1n) is 9.53. The Morgan fingerprint density at radius 2 is 1.90 bits per heavy atom. The van der Waals surface area contributed by atoms with Gasteiger partial charge < -0.3 is 14.6 Å². The molecule has 2 heterocycles. The van der Waals surface area contributed by atoms with Gasteiger partial charge in [-0.05, 0) is 25.1 Å². The molecule has 2 aromatic rings. The van der Waals surface area contributed by atoms with Crippen molar-refractivity contribution in [3.05, 3.63) is 63.6 Å². The summed E-state index contributed by atoms with van der Waals surface area (Å²) in [5.74, 6) is -0.997. The molecule has 1 N–H and O–H groups in total. The molecule has 31 heavy (non-hydrogen) atoms. The van der Waals surface area contributed by atoms with Crippen LogP contribution in [0.3, 0.4) is 0 Å². The number of rotatable bonds is 7. The fraction of sp³-hybridized carbons (Fsp3) is 0.368. The van der Waals surface area contributed by atoms with Gasteiger partial charge in [0.05, 0.1) is 16.9 Å². The number of aryl methyl sites for hydroxylation is 1. The van der Waals surface area contributed by atoms with Crippen LogP contribution in [0, 0.1) is 17.0 Å². The van der Waals surface area contributed by atoms with Crippen molar-refractivity contribution >= 4 is 27.5 Å². The third kappa shape index (κ3) is 5.27. The highest BCUT2D eigenvalue weighted by molar-refractivity contribution is 7.89. The maximum atomic E-state index is 12.6. The number of carbonyl (C=O) groups excluding carboxylic acids is 2. The van der Waals surface area contributed by atoms with Crippen molar-refractivity contribution in [1.29, 1.82) is 0 Å². The highest BCUT2D eigenvalue weighted by Crippen LogP contribution is 2.19. The lowest BCUT2D eigenvalue weighted by molar-refractivity contribution is -0.385. The quantitative estimate of drug-likeness (QED) is 0.490. The maximum Gasteiger partial charge on any atom is 0.289 e. The van der Waals surface area contributed by atoms with E-state index in [-0.39, 0.29) is 61.4 Å². The van der Waals surface area contributed by atoms with Gasteiger partial charge in [0.2, 0.25) is 10.0 Å². The second-order valence-corrected chi connectivity index (χ2v) is 9.09. The molecule has 0 bridgehead atoms. The lowest BCUT2D eigenvalue weighted by atomic mass is 10.1. The van der Waals surface area contributed by atoms with Crippen LogP contribution in [-0.4, -0.2) is 72.8 Å². The summed E-state index contributed by atoms with van der Waals surface area (Å²) < 4.78 is 31.5. The third-order valence-electron chi connectivity index (χ3n) is 4.96. The zero-order valence-electron chi connectivity index (χ0n) is 16.8. The van der Waals surface area contributed by atoms with Crippen molar-refractivity contribution in [2.24, 2.45) is 0 Å². The van der Waals surface area contributed by atoms with Crippen LogP contribution < -0.4 is 5.32 Å². The number of nitro groups is 1. The Bertz CT molecular complexity index is 1070. The third-order valence-corrected chi connectivity index (χ3v) is 6.84. The number of hydrogen-bond acceptors (Lipinski definition) is 7. The standard InChI is InChI=1S/C19H22N4O7S/c1-14-4-5-15(13-16(14)23(26)27)18(24)20-6-12-31(28,29)22-9-7-21(8-10-22)19(25)17-3-2-11-30-17/h2-5,11,13H,6-10,12H2,1H3,(H,20,24). The molecule has 1 aromatic heterocycles. The molecule has 11 nitrogen and oxygen atoms in total. The van der Waals surface area contributed by atoms with Crippen molar-refractivity contribution in [2.75, 3.05) is 38.5 Å². The van der Waals surface area contributed by atoms with Gasteiger partial charge in [-0.15, -0.1) is 0 Å². The molecule has 12 heteroatoms. The Morgan fingerprint density at radius 3 is 2.52 bits per heavy atom. The Labute approximate surface area is 178 Å². The summed E-state index contributed by atoms with van der Waals surface area (Å²) in [6, 6.07) is 7.23. The maximum absolute atomic E-state index is 12.6. The summed E-state index contributed by atoms with van der Waals surface area (Å²) in [5.41, 5.74) is 0.329. The number of nitrogens with one attached hydrogen (secondary N) is 1. The van der Waals surface area contributed by atoms with Crippen LogP contribution in [0.15, 0.2) is 41.0 Å². The predicted octanol–water partition coefficient (Wildman–Crippen LogP) is 1.01. The van der Waals surface area contributed by atoms with Crippen LogP contribution in [0.5, 0.6) is 0 Å². The van der Waals surface area contributed by atoms with Gasteiger partial charge in [0.25, 0.3) is 17.5 Å². The van der Waals surface area contributed by atoms with E-state index in [9.17, 15) is 28.1 Å². The first-order valence-corrected chi connectivity index (χ1v) is 11.1. The summed E-state index contributed by atoms with van der Waals surface area (Å²) in [6.45, 7) is 2.18. The van der Waals surface area contributed by atoms with Crippen LogP contribution >= 0.6 is 0 Å². The van der Waals surface area contributed by atoms with Gasteiger partial charge in [0.15, 0.2) is 5.76 Å². The van der Waals surface area contributed by atoms with Crippen LogP contribution in [0.1, 0.15) is 26.5 Å². The van der Waals surface area contributed by atoms with Gasteiger partial charge in [0, 0.05) is 49.9 Å². The van der Waals surface area contributed by atoms with Crippen LogP contribution in [-0.2, 0) is 10.0 Å². The molecular formula is C19H22N4O7S. The highest BCUT2D eigenvalue weighted by atomic mass is 32.2. The molecule has 0 unspecified atom stereocenters. The number of amides is 2. The van der Waals surface area contributed by atoms with E-state index in [1.807, 2.05) is 0 Å². The second-order valence-electron chi connectivity index (χ2n) is 7.00. The van der Waals surface area contributed by atoms with Crippen molar-refractivity contribution in [3.8, 4) is 0 Å². The van der Waals surface area contributed by atoms with E-state index in [1.54, 1.807) is 19.1 Å². The zero-order valence-corrected chi connectivity index (χ0v) is 17.6. The molecule has 166 valence electrons. The van der Waals surface area contributed by atoms with Crippen molar-refractivity contribution < 1.29 is 27.3 Å². The monoisotopic (exact) mass is 450 g/mol. The van der Waals surface area contributed by atoms with Crippen molar-refractivity contribution in [2.45, 2.75) is 6.92 Å². The first-order chi connectivity index (χ1) is 14.7. The zero-order chi connectivity index (χ0) is 22.6. The predicted molar refractivity (Wildman–Crippen MR) is 110 cm³/mol. The fourth-order valence-electron chi connectivity index (χ4n) is 3.20. The molecule has 1 aromatic carbocycles. The second kappa shape index (κ2) is 9.27. The van der Waals surface area contributed by atoms with Gasteiger partial charge in [0.1, 0.15) is 0 Å². The summed E-state index contributed by atoms with van der Waals surface area (Å²) in [7, 11) is -3.64. The normalized spacial score (nSPS) is 14.9. The molecule has 1 aliphatic heterocycles. The summed E-state index contributed by atoms with van der Waals surface area (Å²) in [4.78, 5) is 36.4. The van der Waals surface area contributed by atoms with Gasteiger partial charge in [-0.3, -0.25) is 19.7 Å². The van der Waals surface area contributed by atoms with Crippen LogP contribution in [0.2, 0.25) is 0 Å². The molecule has 0 spiro atoms. The average molecular weight is 450 g/mol. The highest BCUT2D eigenvalue weighted by Gasteiger charge is 2.30. The van der Waals surface area contributed by atoms with E-state index in [1.165, 1.54) is 27.6 Å². The van der Waals surface area contributed by atoms with Gasteiger partial charge in [-0.1, -0.05) is 6.07 Å². The minimum Gasteiger partial charge on any atom is -0.459 e. The SMILES string of the molecule is Cc1ccc(C(=O)NCCS(=O)(=O)N2CCN(C(=O)c3ccco3)CC2)cc1[N+](=O)[O-]. The summed E-state index contributed by atoms with van der Waals surface area (Å²) in [5, 5.41) is 13.5. The van der Waals surface area contributed by atoms with Crippen LogP contribution in [0.4, 0.5) is 5.69 Å². The molecule has 1 saturated heterocycles. The molecule has 1 fully saturated rings. The topological polar surface area (TPSA) is 143 Å². The molecular weight excluding hydrogens is 428 g/mol. The largest absolute Gasteiger partial charge is 0.459 e. The van der Waals surface area contributed by atoms with Gasteiger partial charge in [-0.25, -0.2) is 8.42 Å². The molecule has 0 atom stereocenters. The number of carbonyl (C=O) groups is 2. The van der Waals surface area contributed by atoms with E-state index in [0.29, 0.717) is 5.56 Å². The Morgan fingerprint density at radius 1 is 1.19 bits per heavy atom. The van der Waals surface area contributed by atoms with E-state index >= 15 is 0 Å². The first kappa shape index (κ1) is 22.4.